The summed E-state index contributed by atoms with van der Waals surface area (Å²) in [6.45, 7) is 5.51. The molecule has 1 N–H and O–H groups in total. The highest BCUT2D eigenvalue weighted by Gasteiger charge is 2.18. The van der Waals surface area contributed by atoms with Crippen LogP contribution in [0.4, 0.5) is 5.69 Å². The molecule has 2 aromatic rings. The number of halogens is 2. The van der Waals surface area contributed by atoms with Gasteiger partial charge in [-0.1, -0.05) is 27.5 Å². The van der Waals surface area contributed by atoms with Crippen LogP contribution in [0.5, 0.6) is 5.88 Å². The maximum Gasteiger partial charge on any atom is 0.255 e. The lowest BCUT2D eigenvalue weighted by molar-refractivity contribution is -0.116. The van der Waals surface area contributed by atoms with Crippen LogP contribution in [0.15, 0.2) is 34.9 Å². The van der Waals surface area contributed by atoms with Crippen LogP contribution in [0, 0.1) is 6.92 Å². The molecule has 1 aromatic heterocycles. The van der Waals surface area contributed by atoms with E-state index in [1.807, 2.05) is 32.9 Å². The Morgan fingerprint density at radius 1 is 1.33 bits per heavy atom. The van der Waals surface area contributed by atoms with Crippen LogP contribution >= 0.6 is 27.5 Å². The highest BCUT2D eigenvalue weighted by Crippen LogP contribution is 2.24. The lowest BCUT2D eigenvalue weighted by Crippen LogP contribution is -2.35. The highest BCUT2D eigenvalue weighted by molar-refractivity contribution is 9.10. The first-order valence-corrected chi connectivity index (χ1v) is 9.48. The van der Waals surface area contributed by atoms with Crippen molar-refractivity contribution in [2.75, 3.05) is 18.9 Å². The maximum atomic E-state index is 12.5. The molecule has 2 amide bonds. The Bertz CT molecular complexity index is 858. The molecule has 144 valence electrons. The molecular weight excluding hydrogens is 434 g/mol. The number of carbonyl (C=O) groups excluding carboxylic acids is 2. The molecular formula is C19H21BrClN3O3. The van der Waals surface area contributed by atoms with Crippen molar-refractivity contribution in [1.29, 1.82) is 0 Å². The van der Waals surface area contributed by atoms with Crippen LogP contribution in [0.3, 0.4) is 0 Å². The van der Waals surface area contributed by atoms with E-state index < -0.39 is 0 Å². The Morgan fingerprint density at radius 2 is 2.04 bits per heavy atom. The first-order valence-electron chi connectivity index (χ1n) is 8.31. The molecule has 1 heterocycles. The van der Waals surface area contributed by atoms with Gasteiger partial charge in [-0.3, -0.25) is 9.59 Å². The van der Waals surface area contributed by atoms with Crippen LogP contribution in [0.1, 0.15) is 29.8 Å². The number of hydrogen-bond acceptors (Lipinski definition) is 4. The Hall–Kier alpha value is -2.12. The molecule has 0 aliphatic rings. The summed E-state index contributed by atoms with van der Waals surface area (Å²) in [5, 5.41) is 3.05. The lowest BCUT2D eigenvalue weighted by atomic mass is 10.2. The zero-order chi connectivity index (χ0) is 20.1. The van der Waals surface area contributed by atoms with Crippen molar-refractivity contribution in [1.82, 2.24) is 9.88 Å². The second-order valence-corrected chi connectivity index (χ2v) is 7.67. The van der Waals surface area contributed by atoms with Gasteiger partial charge in [0.05, 0.1) is 18.2 Å². The normalized spacial score (nSPS) is 10.6. The SMILES string of the molecule is Cc1cc(Br)ccc1NC(=O)CN(C)C(=O)c1cnc(OC(C)C)c(Cl)c1. The van der Waals surface area contributed by atoms with Crippen molar-refractivity contribution in [2.24, 2.45) is 0 Å². The van der Waals surface area contributed by atoms with Crippen LogP contribution < -0.4 is 10.1 Å². The highest BCUT2D eigenvalue weighted by atomic mass is 79.9. The van der Waals surface area contributed by atoms with E-state index in [1.165, 1.54) is 17.2 Å². The van der Waals surface area contributed by atoms with E-state index in [0.717, 1.165) is 10.0 Å². The molecule has 0 aliphatic heterocycles. The second-order valence-electron chi connectivity index (χ2n) is 6.35. The zero-order valence-corrected chi connectivity index (χ0v) is 17.9. The third-order valence-corrected chi connectivity index (χ3v) is 4.36. The monoisotopic (exact) mass is 453 g/mol. The van der Waals surface area contributed by atoms with Crippen molar-refractivity contribution in [3.63, 3.8) is 0 Å². The van der Waals surface area contributed by atoms with Gasteiger partial charge in [0, 0.05) is 23.4 Å². The van der Waals surface area contributed by atoms with Crippen molar-refractivity contribution >= 4 is 45.0 Å². The molecule has 0 atom stereocenters. The first-order chi connectivity index (χ1) is 12.7. The third-order valence-electron chi connectivity index (χ3n) is 3.59. The Balaban J connectivity index is 2.02. The van der Waals surface area contributed by atoms with Crippen molar-refractivity contribution < 1.29 is 14.3 Å². The van der Waals surface area contributed by atoms with E-state index >= 15 is 0 Å². The van der Waals surface area contributed by atoms with Crippen molar-refractivity contribution in [3.05, 3.63) is 51.1 Å². The number of ether oxygens (including phenoxy) is 1. The number of rotatable bonds is 6. The molecule has 0 fully saturated rings. The van der Waals surface area contributed by atoms with Gasteiger partial charge in [0.15, 0.2) is 0 Å². The second kappa shape index (κ2) is 9.19. The van der Waals surface area contributed by atoms with E-state index in [-0.39, 0.29) is 40.9 Å². The number of amides is 2. The van der Waals surface area contributed by atoms with E-state index in [1.54, 1.807) is 13.1 Å². The quantitative estimate of drug-likeness (QED) is 0.706. The fourth-order valence-electron chi connectivity index (χ4n) is 2.32. The molecule has 0 aliphatic carbocycles. The standard InChI is InChI=1S/C19H21BrClN3O3/c1-11(2)27-18-15(21)8-13(9-22-18)19(26)24(4)10-17(25)23-16-6-5-14(20)7-12(16)3/h5-9,11H,10H2,1-4H3,(H,23,25). The molecule has 0 spiro atoms. The van der Waals surface area contributed by atoms with Gasteiger partial charge >= 0.3 is 0 Å². The van der Waals surface area contributed by atoms with Crippen molar-refractivity contribution in [3.8, 4) is 5.88 Å². The van der Waals surface area contributed by atoms with Crippen LogP contribution in [-0.2, 0) is 4.79 Å². The average molecular weight is 455 g/mol. The first kappa shape index (κ1) is 21.2. The largest absolute Gasteiger partial charge is 0.474 e. The molecule has 6 nitrogen and oxygen atoms in total. The number of pyridine rings is 1. The molecule has 0 saturated heterocycles. The van der Waals surface area contributed by atoms with E-state index in [0.29, 0.717) is 5.69 Å². The zero-order valence-electron chi connectivity index (χ0n) is 15.5. The van der Waals surface area contributed by atoms with E-state index in [9.17, 15) is 9.59 Å². The molecule has 2 rings (SSSR count). The number of benzene rings is 1. The van der Waals surface area contributed by atoms with Crippen LogP contribution in [-0.4, -0.2) is 41.4 Å². The maximum absolute atomic E-state index is 12.5. The lowest BCUT2D eigenvalue weighted by Gasteiger charge is -2.18. The summed E-state index contributed by atoms with van der Waals surface area (Å²) in [4.78, 5) is 30.2. The number of anilines is 1. The van der Waals surface area contributed by atoms with Crippen LogP contribution in [0.2, 0.25) is 5.02 Å². The molecule has 0 bridgehead atoms. The molecule has 1 aromatic carbocycles. The van der Waals surface area contributed by atoms with Gasteiger partial charge in [-0.05, 0) is 50.6 Å². The number of nitrogens with one attached hydrogen (secondary N) is 1. The minimum absolute atomic E-state index is 0.0787. The van der Waals surface area contributed by atoms with Gasteiger partial charge < -0.3 is 15.0 Å². The molecule has 0 saturated carbocycles. The summed E-state index contributed by atoms with van der Waals surface area (Å²) >= 11 is 9.50. The molecule has 27 heavy (non-hydrogen) atoms. The van der Waals surface area contributed by atoms with Crippen LogP contribution in [0.25, 0.3) is 0 Å². The number of aromatic nitrogens is 1. The topological polar surface area (TPSA) is 71.5 Å². The Kier molecular flexibility index (Phi) is 7.21. The van der Waals surface area contributed by atoms with Gasteiger partial charge in [0.25, 0.3) is 5.91 Å². The number of nitrogens with zero attached hydrogens (tertiary/aromatic N) is 2. The fraction of sp³-hybridized carbons (Fsp3) is 0.316. The predicted molar refractivity (Wildman–Crippen MR) is 109 cm³/mol. The summed E-state index contributed by atoms with van der Waals surface area (Å²) in [6.07, 6.45) is 1.31. The smallest absolute Gasteiger partial charge is 0.255 e. The molecule has 0 unspecified atom stereocenters. The molecule has 8 heteroatoms. The Morgan fingerprint density at radius 3 is 2.63 bits per heavy atom. The minimum atomic E-state index is -0.358. The fourth-order valence-corrected chi connectivity index (χ4v) is 3.00. The summed E-state index contributed by atoms with van der Waals surface area (Å²) in [6, 6.07) is 7.03. The summed E-state index contributed by atoms with van der Waals surface area (Å²) < 4.78 is 6.39. The average Bonchev–Trinajstić information content (AvgIpc) is 2.58. The summed E-state index contributed by atoms with van der Waals surface area (Å²) in [5.74, 6) is -0.382. The van der Waals surface area contributed by atoms with E-state index in [2.05, 4.69) is 26.2 Å². The number of carbonyl (C=O) groups is 2. The number of likely N-dealkylation sites (N-methyl/N-ethyl adjacent to an activating group) is 1. The van der Waals surface area contributed by atoms with Gasteiger partial charge in [0.2, 0.25) is 11.8 Å². The predicted octanol–water partition coefficient (Wildman–Crippen LogP) is 4.30. The third kappa shape index (κ3) is 5.94. The van der Waals surface area contributed by atoms with Gasteiger partial charge in [-0.2, -0.15) is 0 Å². The summed E-state index contributed by atoms with van der Waals surface area (Å²) in [7, 11) is 1.54. The van der Waals surface area contributed by atoms with E-state index in [4.69, 9.17) is 16.3 Å². The summed E-state index contributed by atoms with van der Waals surface area (Å²) in [5.41, 5.74) is 1.90. The number of aryl methyl sites for hydroxylation is 1. The minimum Gasteiger partial charge on any atom is -0.474 e. The van der Waals surface area contributed by atoms with Gasteiger partial charge in [-0.25, -0.2) is 4.98 Å². The van der Waals surface area contributed by atoms with Gasteiger partial charge in [-0.15, -0.1) is 0 Å². The van der Waals surface area contributed by atoms with Gasteiger partial charge in [0.1, 0.15) is 5.02 Å². The van der Waals surface area contributed by atoms with Crippen molar-refractivity contribution in [2.45, 2.75) is 26.9 Å². The number of hydrogen-bond donors (Lipinski definition) is 1. The molecule has 0 radical (unpaired) electrons. The Labute approximate surface area is 172 Å².